The zero-order valence-corrected chi connectivity index (χ0v) is 18.7. The number of carbonyl (C=O) groups excluding carboxylic acids is 1. The third-order valence-corrected chi connectivity index (χ3v) is 6.70. The lowest BCUT2D eigenvalue weighted by Crippen LogP contribution is -2.25. The number of benzene rings is 2. The van der Waals surface area contributed by atoms with Crippen LogP contribution in [0.3, 0.4) is 0 Å². The first-order valence-corrected chi connectivity index (χ1v) is 11.1. The zero-order chi connectivity index (χ0) is 19.7. The summed E-state index contributed by atoms with van der Waals surface area (Å²) in [5, 5.41) is 6.11. The molecule has 4 aromatic rings. The van der Waals surface area contributed by atoms with E-state index < -0.39 is 5.91 Å². The fourth-order valence-corrected chi connectivity index (χ4v) is 5.35. The maximum Gasteiger partial charge on any atom is 0.283 e. The summed E-state index contributed by atoms with van der Waals surface area (Å²) in [6, 6.07) is 16.8. The fraction of sp³-hybridized carbons (Fsp3) is 0. The van der Waals surface area contributed by atoms with E-state index in [0.29, 0.717) is 19.4 Å². The Labute approximate surface area is 187 Å². The van der Waals surface area contributed by atoms with Gasteiger partial charge in [-0.25, -0.2) is 4.98 Å². The van der Waals surface area contributed by atoms with Crippen molar-refractivity contribution in [2.24, 2.45) is 5.10 Å². The number of rotatable bonds is 4. The maximum atomic E-state index is 13.2. The standard InChI is InChI=1S/C19H10BrCl2N3OS2/c20-12-6-7-14-15(8-12)27-19(24-14)25(23-10-11-4-2-1-3-5-11)18(26)13-9-16(21)28-17(13)22/h1-10H/b23-10+. The van der Waals surface area contributed by atoms with Crippen LogP contribution < -0.4 is 5.01 Å². The first-order chi connectivity index (χ1) is 13.5. The van der Waals surface area contributed by atoms with E-state index in [9.17, 15) is 4.79 Å². The van der Waals surface area contributed by atoms with Crippen molar-refractivity contribution >= 4 is 89.3 Å². The van der Waals surface area contributed by atoms with Crippen LogP contribution in [0.4, 0.5) is 5.13 Å². The third-order valence-electron chi connectivity index (χ3n) is 3.72. The van der Waals surface area contributed by atoms with Crippen LogP contribution >= 0.6 is 61.8 Å². The Morgan fingerprint density at radius 2 is 1.89 bits per heavy atom. The van der Waals surface area contributed by atoms with Crippen LogP contribution in [0.5, 0.6) is 0 Å². The van der Waals surface area contributed by atoms with Gasteiger partial charge in [0.25, 0.3) is 5.91 Å². The number of thiazole rings is 1. The van der Waals surface area contributed by atoms with Gasteiger partial charge < -0.3 is 0 Å². The van der Waals surface area contributed by atoms with Gasteiger partial charge in [-0.3, -0.25) is 4.79 Å². The van der Waals surface area contributed by atoms with E-state index in [0.717, 1.165) is 31.6 Å². The molecule has 0 aliphatic rings. The van der Waals surface area contributed by atoms with E-state index in [4.69, 9.17) is 23.2 Å². The average Bonchev–Trinajstić information content (AvgIpc) is 3.24. The number of anilines is 1. The van der Waals surface area contributed by atoms with Crippen LogP contribution in [0.1, 0.15) is 15.9 Å². The lowest BCUT2D eigenvalue weighted by Gasteiger charge is -2.13. The number of thiophene rings is 1. The predicted molar refractivity (Wildman–Crippen MR) is 123 cm³/mol. The van der Waals surface area contributed by atoms with Gasteiger partial charge in [-0.15, -0.1) is 11.3 Å². The van der Waals surface area contributed by atoms with E-state index >= 15 is 0 Å². The van der Waals surface area contributed by atoms with E-state index in [1.807, 2.05) is 48.5 Å². The molecule has 0 unspecified atom stereocenters. The number of aromatic nitrogens is 1. The van der Waals surface area contributed by atoms with Crippen molar-refractivity contribution in [3.8, 4) is 0 Å². The maximum absolute atomic E-state index is 13.2. The molecule has 2 aromatic heterocycles. The molecule has 0 bridgehead atoms. The number of hydrogen-bond donors (Lipinski definition) is 0. The summed E-state index contributed by atoms with van der Waals surface area (Å²) in [5.74, 6) is -0.390. The van der Waals surface area contributed by atoms with Gasteiger partial charge in [0.05, 0.1) is 26.3 Å². The summed E-state index contributed by atoms with van der Waals surface area (Å²) < 4.78 is 2.63. The molecule has 0 saturated heterocycles. The van der Waals surface area contributed by atoms with Crippen LogP contribution in [-0.2, 0) is 0 Å². The molecule has 1 amide bonds. The molecule has 2 aromatic carbocycles. The summed E-state index contributed by atoms with van der Waals surface area (Å²) >= 11 is 18.2. The Kier molecular flexibility index (Phi) is 5.80. The fourth-order valence-electron chi connectivity index (χ4n) is 2.43. The van der Waals surface area contributed by atoms with Gasteiger partial charge in [0.2, 0.25) is 5.13 Å². The molecule has 4 nitrogen and oxygen atoms in total. The molecule has 4 rings (SSSR count). The highest BCUT2D eigenvalue weighted by Crippen LogP contribution is 2.35. The molecule has 0 aliphatic heterocycles. The Morgan fingerprint density at radius 1 is 1.11 bits per heavy atom. The molecule has 0 N–H and O–H groups in total. The van der Waals surface area contributed by atoms with Gasteiger partial charge in [-0.2, -0.15) is 10.1 Å². The molecule has 28 heavy (non-hydrogen) atoms. The quantitative estimate of drug-likeness (QED) is 0.217. The van der Waals surface area contributed by atoms with Gasteiger partial charge >= 0.3 is 0 Å². The van der Waals surface area contributed by atoms with Crippen molar-refractivity contribution in [1.29, 1.82) is 0 Å². The minimum Gasteiger partial charge on any atom is -0.267 e. The normalized spacial score (nSPS) is 11.4. The Morgan fingerprint density at radius 3 is 2.61 bits per heavy atom. The van der Waals surface area contributed by atoms with E-state index in [1.165, 1.54) is 16.3 Å². The van der Waals surface area contributed by atoms with Crippen molar-refractivity contribution < 1.29 is 4.79 Å². The number of amides is 1. The van der Waals surface area contributed by atoms with E-state index in [1.54, 1.807) is 12.3 Å². The molecule has 0 aliphatic carbocycles. The molecule has 0 radical (unpaired) electrons. The predicted octanol–water partition coefficient (Wildman–Crippen LogP) is 7.11. The Hall–Kier alpha value is -1.77. The first-order valence-electron chi connectivity index (χ1n) is 7.95. The molecule has 0 spiro atoms. The highest BCUT2D eigenvalue weighted by molar-refractivity contribution is 9.10. The number of halogens is 3. The van der Waals surface area contributed by atoms with Crippen LogP contribution in [0.2, 0.25) is 8.67 Å². The molecule has 9 heteroatoms. The molecule has 0 atom stereocenters. The second-order valence-corrected chi connectivity index (χ2v) is 9.83. The monoisotopic (exact) mass is 509 g/mol. The topological polar surface area (TPSA) is 45.6 Å². The van der Waals surface area contributed by atoms with Gasteiger partial charge in [0.15, 0.2) is 0 Å². The molecule has 2 heterocycles. The number of carbonyl (C=O) groups is 1. The number of hydrogen-bond acceptors (Lipinski definition) is 5. The summed E-state index contributed by atoms with van der Waals surface area (Å²) in [7, 11) is 0. The smallest absolute Gasteiger partial charge is 0.267 e. The van der Waals surface area contributed by atoms with Crippen LogP contribution in [0, 0.1) is 0 Å². The van der Waals surface area contributed by atoms with Crippen molar-refractivity contribution in [2.75, 3.05) is 5.01 Å². The molecular weight excluding hydrogens is 501 g/mol. The summed E-state index contributed by atoms with van der Waals surface area (Å²) in [5.41, 5.74) is 1.94. The molecule has 140 valence electrons. The molecular formula is C19H10BrCl2N3OS2. The second-order valence-electron chi connectivity index (χ2n) is 5.62. The average molecular weight is 511 g/mol. The number of hydrazone groups is 1. The number of nitrogens with zero attached hydrogens (tertiary/aromatic N) is 3. The van der Waals surface area contributed by atoms with Gasteiger partial charge in [-0.1, -0.05) is 80.8 Å². The van der Waals surface area contributed by atoms with E-state index in [-0.39, 0.29) is 0 Å². The largest absolute Gasteiger partial charge is 0.283 e. The lowest BCUT2D eigenvalue weighted by atomic mass is 10.2. The van der Waals surface area contributed by atoms with Crippen molar-refractivity contribution in [1.82, 2.24) is 4.98 Å². The summed E-state index contributed by atoms with van der Waals surface area (Å²) in [6.07, 6.45) is 1.61. The molecule has 0 saturated carbocycles. The minimum atomic E-state index is -0.390. The Bertz CT molecular complexity index is 1190. The van der Waals surface area contributed by atoms with Gasteiger partial charge in [0, 0.05) is 4.47 Å². The Balaban J connectivity index is 1.78. The van der Waals surface area contributed by atoms with Crippen LogP contribution in [-0.4, -0.2) is 17.1 Å². The van der Waals surface area contributed by atoms with Gasteiger partial charge in [0.1, 0.15) is 4.34 Å². The highest BCUT2D eigenvalue weighted by atomic mass is 79.9. The second kappa shape index (κ2) is 8.31. The van der Waals surface area contributed by atoms with Crippen molar-refractivity contribution in [3.63, 3.8) is 0 Å². The van der Waals surface area contributed by atoms with Crippen molar-refractivity contribution in [2.45, 2.75) is 0 Å². The third kappa shape index (κ3) is 4.14. The van der Waals surface area contributed by atoms with Crippen LogP contribution in [0.15, 0.2) is 64.2 Å². The highest BCUT2D eigenvalue weighted by Gasteiger charge is 2.24. The lowest BCUT2D eigenvalue weighted by molar-refractivity contribution is 0.0988. The first kappa shape index (κ1) is 19.5. The van der Waals surface area contributed by atoms with E-state index in [2.05, 4.69) is 26.0 Å². The summed E-state index contributed by atoms with van der Waals surface area (Å²) in [4.78, 5) is 17.7. The van der Waals surface area contributed by atoms with Crippen LogP contribution in [0.25, 0.3) is 10.2 Å². The van der Waals surface area contributed by atoms with Crippen molar-refractivity contribution in [3.05, 3.63) is 78.9 Å². The molecule has 0 fully saturated rings. The zero-order valence-electron chi connectivity index (χ0n) is 14.0. The minimum absolute atomic E-state index is 0.294. The SMILES string of the molecule is O=C(c1cc(Cl)sc1Cl)N(/N=C/c1ccccc1)c1nc2ccc(Br)cc2s1. The van der Waals surface area contributed by atoms with Gasteiger partial charge in [-0.05, 0) is 29.8 Å². The number of fused-ring (bicyclic) bond motifs is 1. The summed E-state index contributed by atoms with van der Waals surface area (Å²) in [6.45, 7) is 0.